The van der Waals surface area contributed by atoms with Crippen LogP contribution in [-0.4, -0.2) is 66.7 Å². The number of hydrogen-bond donors (Lipinski definition) is 3. The van der Waals surface area contributed by atoms with Crippen molar-refractivity contribution in [2.45, 2.75) is 49.8 Å². The van der Waals surface area contributed by atoms with Gasteiger partial charge in [-0.3, -0.25) is 9.59 Å². The van der Waals surface area contributed by atoms with Crippen molar-refractivity contribution in [2.75, 3.05) is 19.7 Å². The van der Waals surface area contributed by atoms with Crippen LogP contribution >= 0.6 is 22.6 Å². The third kappa shape index (κ3) is 5.93. The largest absolute Gasteiger partial charge is 0.456 e. The van der Waals surface area contributed by atoms with Crippen LogP contribution in [0.2, 0.25) is 0 Å². The van der Waals surface area contributed by atoms with Crippen LogP contribution in [0, 0.1) is 3.57 Å². The molecule has 2 aromatic rings. The van der Waals surface area contributed by atoms with Crippen LogP contribution in [0.25, 0.3) is 0 Å². The number of aliphatic hydroxyl groups is 1. The summed E-state index contributed by atoms with van der Waals surface area (Å²) in [6.45, 7) is 0.146. The lowest BCUT2D eigenvalue weighted by Crippen LogP contribution is -2.44. The van der Waals surface area contributed by atoms with E-state index in [2.05, 4.69) is 45.4 Å². The van der Waals surface area contributed by atoms with Gasteiger partial charge in [0.25, 0.3) is 0 Å². The predicted molar refractivity (Wildman–Crippen MR) is 145 cm³/mol. The molecule has 2 aliphatic carbocycles. The standard InChI is InChI=1S/C28H29IN2O7/c29-21-7-3-6-17(12-21)27(35)36-22-13-20(26(34)31-9-8-24(33)30-10-11-32)14-23-25(22)38-28(37-23)15-18-4-1-2-5-19(18)16-28/h1-7,12,14,22-23,25,32H,8-11,13,15-16H2,(H,30,33)(H,31,34). The number of halogens is 1. The summed E-state index contributed by atoms with van der Waals surface area (Å²) in [5.74, 6) is -1.99. The van der Waals surface area contributed by atoms with E-state index >= 15 is 0 Å². The third-order valence-electron chi connectivity index (χ3n) is 6.90. The summed E-state index contributed by atoms with van der Waals surface area (Å²) >= 11 is 2.14. The molecule has 3 aliphatic rings. The van der Waals surface area contributed by atoms with E-state index in [0.29, 0.717) is 24.0 Å². The number of carbonyl (C=O) groups is 3. The number of fused-ring (bicyclic) bond motifs is 2. The second-order valence-electron chi connectivity index (χ2n) is 9.63. The van der Waals surface area contributed by atoms with E-state index in [1.54, 1.807) is 24.3 Å². The molecule has 9 nitrogen and oxygen atoms in total. The molecule has 2 amide bonds. The fraction of sp³-hybridized carbons (Fsp3) is 0.393. The molecule has 1 spiro atoms. The van der Waals surface area contributed by atoms with Crippen LogP contribution in [0.15, 0.2) is 60.2 Å². The number of benzene rings is 2. The highest BCUT2D eigenvalue weighted by molar-refractivity contribution is 14.1. The monoisotopic (exact) mass is 632 g/mol. The van der Waals surface area contributed by atoms with Gasteiger partial charge in [0.1, 0.15) is 18.3 Å². The lowest BCUT2D eigenvalue weighted by molar-refractivity contribution is -0.172. The molecule has 1 fully saturated rings. The van der Waals surface area contributed by atoms with Crippen molar-refractivity contribution < 1.29 is 33.7 Å². The molecule has 38 heavy (non-hydrogen) atoms. The highest BCUT2D eigenvalue weighted by Crippen LogP contribution is 2.45. The molecule has 0 radical (unpaired) electrons. The number of ether oxygens (including phenoxy) is 3. The zero-order valence-electron chi connectivity index (χ0n) is 20.7. The minimum absolute atomic E-state index is 0.0805. The molecular formula is C28H29IN2O7. The minimum atomic E-state index is -0.876. The van der Waals surface area contributed by atoms with E-state index in [4.69, 9.17) is 19.3 Å². The van der Waals surface area contributed by atoms with Crippen LogP contribution in [0.4, 0.5) is 0 Å². The summed E-state index contributed by atoms with van der Waals surface area (Å²) in [4.78, 5) is 37.9. The maximum absolute atomic E-state index is 13.1. The van der Waals surface area contributed by atoms with Crippen LogP contribution < -0.4 is 10.6 Å². The quantitative estimate of drug-likeness (QED) is 0.301. The van der Waals surface area contributed by atoms with Crippen molar-refractivity contribution in [3.05, 3.63) is 80.4 Å². The van der Waals surface area contributed by atoms with Gasteiger partial charge in [-0.25, -0.2) is 4.79 Å². The van der Waals surface area contributed by atoms with E-state index in [-0.39, 0.29) is 44.4 Å². The molecule has 5 rings (SSSR count). The number of rotatable bonds is 8. The number of hydrogen-bond acceptors (Lipinski definition) is 7. The van der Waals surface area contributed by atoms with Crippen LogP contribution in [0.1, 0.15) is 34.3 Å². The van der Waals surface area contributed by atoms with Crippen molar-refractivity contribution in [3.8, 4) is 0 Å². The molecule has 3 N–H and O–H groups in total. The lowest BCUT2D eigenvalue weighted by atomic mass is 9.91. The first kappa shape index (κ1) is 26.8. The smallest absolute Gasteiger partial charge is 0.338 e. The van der Waals surface area contributed by atoms with Gasteiger partial charge in [0.05, 0.1) is 12.2 Å². The summed E-state index contributed by atoms with van der Waals surface area (Å²) in [5.41, 5.74) is 3.14. The number of amides is 2. The Morgan fingerprint density at radius 1 is 1.03 bits per heavy atom. The molecule has 0 bridgehead atoms. The summed E-state index contributed by atoms with van der Waals surface area (Å²) in [6, 6.07) is 15.2. The van der Waals surface area contributed by atoms with Gasteiger partial charge in [-0.15, -0.1) is 0 Å². The lowest BCUT2D eigenvalue weighted by Gasteiger charge is -2.30. The summed E-state index contributed by atoms with van der Waals surface area (Å²) < 4.78 is 19.8. The zero-order chi connectivity index (χ0) is 26.7. The van der Waals surface area contributed by atoms with Gasteiger partial charge in [0.15, 0.2) is 5.79 Å². The molecule has 1 aliphatic heterocycles. The second-order valence-corrected chi connectivity index (χ2v) is 10.9. The number of esters is 1. The first-order chi connectivity index (χ1) is 18.4. The fourth-order valence-corrected chi connectivity index (χ4v) is 5.71. The van der Waals surface area contributed by atoms with Crippen LogP contribution in [-0.2, 0) is 36.6 Å². The Bertz CT molecular complexity index is 1240. The highest BCUT2D eigenvalue weighted by atomic mass is 127. The van der Waals surface area contributed by atoms with Gasteiger partial charge in [-0.1, -0.05) is 30.3 Å². The summed E-state index contributed by atoms with van der Waals surface area (Å²) in [6.07, 6.45) is 1.28. The highest BCUT2D eigenvalue weighted by Gasteiger charge is 2.55. The van der Waals surface area contributed by atoms with Crippen molar-refractivity contribution in [3.63, 3.8) is 0 Å². The first-order valence-corrected chi connectivity index (χ1v) is 13.7. The van der Waals surface area contributed by atoms with Crippen molar-refractivity contribution in [2.24, 2.45) is 0 Å². The minimum Gasteiger partial charge on any atom is -0.456 e. The Hall–Kier alpha value is -2.80. The number of carbonyl (C=O) groups excluding carboxylic acids is 3. The maximum atomic E-state index is 13.1. The van der Waals surface area contributed by atoms with Crippen LogP contribution in [0.5, 0.6) is 0 Å². The third-order valence-corrected chi connectivity index (χ3v) is 7.57. The first-order valence-electron chi connectivity index (χ1n) is 12.6. The van der Waals surface area contributed by atoms with Gasteiger partial charge in [-0.05, 0) is 58.0 Å². The molecule has 0 saturated carbocycles. The summed E-state index contributed by atoms with van der Waals surface area (Å²) in [7, 11) is 0. The van der Waals surface area contributed by atoms with Gasteiger partial charge >= 0.3 is 5.97 Å². The Balaban J connectivity index is 1.32. The van der Waals surface area contributed by atoms with Gasteiger partial charge in [0.2, 0.25) is 11.8 Å². The Kier molecular flexibility index (Phi) is 8.12. The van der Waals surface area contributed by atoms with E-state index in [0.717, 1.165) is 14.7 Å². The molecule has 1 heterocycles. The van der Waals surface area contributed by atoms with E-state index in [9.17, 15) is 14.4 Å². The molecule has 2 aromatic carbocycles. The van der Waals surface area contributed by atoms with Crippen molar-refractivity contribution >= 4 is 40.4 Å². The SMILES string of the molecule is O=C(CCNC(=O)C1=CC2OC3(Cc4ccccc4C3)OC2C(OC(=O)c2cccc(I)c2)C1)NCCO. The molecule has 200 valence electrons. The summed E-state index contributed by atoms with van der Waals surface area (Å²) in [5, 5.41) is 14.1. The Morgan fingerprint density at radius 2 is 1.79 bits per heavy atom. The zero-order valence-corrected chi connectivity index (χ0v) is 22.8. The number of nitrogens with one attached hydrogen (secondary N) is 2. The van der Waals surface area contributed by atoms with Gasteiger partial charge in [0, 0.05) is 47.9 Å². The van der Waals surface area contributed by atoms with E-state index in [1.807, 2.05) is 18.2 Å². The maximum Gasteiger partial charge on any atom is 0.338 e. The fourth-order valence-electron chi connectivity index (χ4n) is 5.17. The topological polar surface area (TPSA) is 123 Å². The van der Waals surface area contributed by atoms with Crippen molar-refractivity contribution in [1.29, 1.82) is 0 Å². The molecular weight excluding hydrogens is 603 g/mol. The predicted octanol–water partition coefficient (Wildman–Crippen LogP) is 2.04. The van der Waals surface area contributed by atoms with Crippen molar-refractivity contribution in [1.82, 2.24) is 10.6 Å². The average molecular weight is 632 g/mol. The van der Waals surface area contributed by atoms with E-state index in [1.165, 1.54) is 0 Å². The molecule has 0 aromatic heterocycles. The van der Waals surface area contributed by atoms with Crippen LogP contribution in [0.3, 0.4) is 0 Å². The molecule has 1 saturated heterocycles. The molecule has 3 unspecified atom stereocenters. The Labute approximate surface area is 234 Å². The van der Waals surface area contributed by atoms with E-state index < -0.39 is 30.1 Å². The Morgan fingerprint density at radius 3 is 2.50 bits per heavy atom. The second kappa shape index (κ2) is 11.5. The average Bonchev–Trinajstić information content (AvgIpc) is 3.45. The van der Waals surface area contributed by atoms with Gasteiger partial charge < -0.3 is 30.0 Å². The molecule has 10 heteroatoms. The van der Waals surface area contributed by atoms with Gasteiger partial charge in [-0.2, -0.15) is 0 Å². The normalized spacial score (nSPS) is 22.8. The molecule has 3 atom stereocenters. The number of aliphatic hydroxyl groups excluding tert-OH is 1.